The standard InChI is InChI=1S/C11H13BrN2/c12-10-2-1-7-3-9(11(14)6-13)4-8(7)5-10/h1-2,4-5,11H,3,6,13-14H2. The lowest BCUT2D eigenvalue weighted by Gasteiger charge is -2.08. The molecule has 0 spiro atoms. The minimum Gasteiger partial charge on any atom is -0.329 e. The summed E-state index contributed by atoms with van der Waals surface area (Å²) in [6.45, 7) is 0.515. The van der Waals surface area contributed by atoms with Gasteiger partial charge in [-0.05, 0) is 35.3 Å². The van der Waals surface area contributed by atoms with Gasteiger partial charge in [-0.15, -0.1) is 0 Å². The van der Waals surface area contributed by atoms with Gasteiger partial charge in [0.2, 0.25) is 0 Å². The third-order valence-corrected chi connectivity index (χ3v) is 3.07. The number of nitrogens with two attached hydrogens (primary N) is 2. The van der Waals surface area contributed by atoms with E-state index < -0.39 is 0 Å². The fraction of sp³-hybridized carbons (Fsp3) is 0.273. The lowest BCUT2D eigenvalue weighted by Crippen LogP contribution is -2.31. The van der Waals surface area contributed by atoms with Crippen LogP contribution < -0.4 is 11.5 Å². The lowest BCUT2D eigenvalue weighted by atomic mass is 10.1. The Hall–Kier alpha value is -0.640. The van der Waals surface area contributed by atoms with Crippen LogP contribution in [0.2, 0.25) is 0 Å². The van der Waals surface area contributed by atoms with Gasteiger partial charge in [0.25, 0.3) is 0 Å². The third kappa shape index (κ3) is 1.75. The number of fused-ring (bicyclic) bond motifs is 1. The highest BCUT2D eigenvalue weighted by molar-refractivity contribution is 9.10. The topological polar surface area (TPSA) is 52.0 Å². The molecule has 14 heavy (non-hydrogen) atoms. The van der Waals surface area contributed by atoms with Gasteiger partial charge >= 0.3 is 0 Å². The van der Waals surface area contributed by atoms with Crippen LogP contribution in [-0.2, 0) is 6.42 Å². The van der Waals surface area contributed by atoms with Crippen LogP contribution in [-0.4, -0.2) is 12.6 Å². The predicted octanol–water partition coefficient (Wildman–Crippen LogP) is 1.67. The first-order valence-electron chi connectivity index (χ1n) is 4.65. The van der Waals surface area contributed by atoms with Crippen molar-refractivity contribution < 1.29 is 0 Å². The van der Waals surface area contributed by atoms with Crippen molar-refractivity contribution in [1.82, 2.24) is 0 Å². The molecule has 4 N–H and O–H groups in total. The first-order valence-corrected chi connectivity index (χ1v) is 5.44. The fourth-order valence-electron chi connectivity index (χ4n) is 1.72. The van der Waals surface area contributed by atoms with Gasteiger partial charge in [0.15, 0.2) is 0 Å². The van der Waals surface area contributed by atoms with Gasteiger partial charge in [0.1, 0.15) is 0 Å². The molecule has 1 unspecified atom stereocenters. The van der Waals surface area contributed by atoms with Crippen molar-refractivity contribution in [2.75, 3.05) is 6.54 Å². The van der Waals surface area contributed by atoms with Crippen molar-refractivity contribution in [2.45, 2.75) is 12.5 Å². The van der Waals surface area contributed by atoms with Crippen LogP contribution in [0.1, 0.15) is 11.1 Å². The Morgan fingerprint density at radius 2 is 2.21 bits per heavy atom. The molecular formula is C11H13BrN2. The van der Waals surface area contributed by atoms with Gasteiger partial charge in [-0.1, -0.05) is 28.1 Å². The average molecular weight is 253 g/mol. The van der Waals surface area contributed by atoms with Crippen molar-refractivity contribution in [3.05, 3.63) is 39.4 Å². The molecule has 0 fully saturated rings. The first-order chi connectivity index (χ1) is 6.70. The summed E-state index contributed by atoms with van der Waals surface area (Å²) in [6.07, 6.45) is 3.10. The van der Waals surface area contributed by atoms with E-state index in [1.165, 1.54) is 16.7 Å². The van der Waals surface area contributed by atoms with E-state index in [-0.39, 0.29) is 6.04 Å². The molecule has 1 aliphatic carbocycles. The van der Waals surface area contributed by atoms with Crippen LogP contribution in [0.5, 0.6) is 0 Å². The predicted molar refractivity (Wildman–Crippen MR) is 62.9 cm³/mol. The van der Waals surface area contributed by atoms with Gasteiger partial charge in [0.05, 0.1) is 0 Å². The molecule has 1 aromatic carbocycles. The summed E-state index contributed by atoms with van der Waals surface area (Å²) in [4.78, 5) is 0. The Balaban J connectivity index is 2.30. The molecule has 0 aromatic heterocycles. The normalized spacial score (nSPS) is 16.4. The summed E-state index contributed by atoms with van der Waals surface area (Å²) in [5.41, 5.74) is 15.3. The van der Waals surface area contributed by atoms with E-state index in [0.717, 1.165) is 10.9 Å². The number of benzene rings is 1. The summed E-state index contributed by atoms with van der Waals surface area (Å²) in [6, 6.07) is 6.31. The van der Waals surface area contributed by atoms with E-state index in [1.54, 1.807) is 0 Å². The molecule has 0 amide bonds. The Morgan fingerprint density at radius 3 is 2.93 bits per heavy atom. The maximum absolute atomic E-state index is 5.89. The molecule has 1 aliphatic rings. The Bertz CT molecular complexity index is 385. The molecule has 0 heterocycles. The highest BCUT2D eigenvalue weighted by Gasteiger charge is 2.16. The number of hydrogen-bond acceptors (Lipinski definition) is 2. The van der Waals surface area contributed by atoms with Crippen LogP contribution in [0, 0.1) is 0 Å². The second-order valence-corrected chi connectivity index (χ2v) is 4.50. The third-order valence-electron chi connectivity index (χ3n) is 2.57. The minimum atomic E-state index is 0.00109. The quantitative estimate of drug-likeness (QED) is 0.842. The molecule has 0 bridgehead atoms. The van der Waals surface area contributed by atoms with E-state index >= 15 is 0 Å². The number of rotatable bonds is 2. The van der Waals surface area contributed by atoms with Crippen molar-refractivity contribution in [2.24, 2.45) is 11.5 Å². The van der Waals surface area contributed by atoms with E-state index in [2.05, 4.69) is 40.2 Å². The molecule has 0 saturated heterocycles. The summed E-state index contributed by atoms with van der Waals surface area (Å²) in [5, 5.41) is 0. The Labute approximate surface area is 92.1 Å². The van der Waals surface area contributed by atoms with Gasteiger partial charge in [-0.2, -0.15) is 0 Å². The largest absolute Gasteiger partial charge is 0.329 e. The van der Waals surface area contributed by atoms with Crippen LogP contribution >= 0.6 is 15.9 Å². The SMILES string of the molecule is NCC(N)C1=Cc2cc(Br)ccc2C1. The molecule has 2 nitrogen and oxygen atoms in total. The summed E-state index contributed by atoms with van der Waals surface area (Å²) < 4.78 is 1.11. The molecule has 2 rings (SSSR count). The van der Waals surface area contributed by atoms with Gasteiger partial charge in [-0.3, -0.25) is 0 Å². The van der Waals surface area contributed by atoms with Crippen molar-refractivity contribution in [3.63, 3.8) is 0 Å². The molecule has 1 aromatic rings. The number of halogens is 1. The maximum atomic E-state index is 5.89. The van der Waals surface area contributed by atoms with Crippen LogP contribution in [0.3, 0.4) is 0 Å². The second-order valence-electron chi connectivity index (χ2n) is 3.58. The smallest absolute Gasteiger partial charge is 0.0385 e. The van der Waals surface area contributed by atoms with Gasteiger partial charge in [-0.25, -0.2) is 0 Å². The molecule has 0 saturated carbocycles. The zero-order valence-electron chi connectivity index (χ0n) is 7.83. The zero-order chi connectivity index (χ0) is 10.1. The first kappa shape index (κ1) is 9.90. The van der Waals surface area contributed by atoms with Crippen LogP contribution in [0.15, 0.2) is 28.2 Å². The van der Waals surface area contributed by atoms with Gasteiger partial charge in [0, 0.05) is 17.1 Å². The van der Waals surface area contributed by atoms with Crippen molar-refractivity contribution in [1.29, 1.82) is 0 Å². The summed E-state index contributed by atoms with van der Waals surface area (Å²) in [7, 11) is 0. The Morgan fingerprint density at radius 1 is 1.43 bits per heavy atom. The van der Waals surface area contributed by atoms with E-state index in [1.807, 2.05) is 0 Å². The van der Waals surface area contributed by atoms with E-state index in [0.29, 0.717) is 6.54 Å². The van der Waals surface area contributed by atoms with Crippen molar-refractivity contribution >= 4 is 22.0 Å². The van der Waals surface area contributed by atoms with E-state index in [4.69, 9.17) is 11.5 Å². The van der Waals surface area contributed by atoms with Gasteiger partial charge < -0.3 is 11.5 Å². The average Bonchev–Trinajstić information content (AvgIpc) is 2.59. The lowest BCUT2D eigenvalue weighted by molar-refractivity contribution is 0.765. The van der Waals surface area contributed by atoms with Crippen LogP contribution in [0.4, 0.5) is 0 Å². The molecule has 0 aliphatic heterocycles. The molecule has 1 atom stereocenters. The number of hydrogen-bond donors (Lipinski definition) is 2. The molecule has 0 radical (unpaired) electrons. The molecule has 3 heteroatoms. The summed E-state index contributed by atoms with van der Waals surface area (Å²) in [5.74, 6) is 0. The van der Waals surface area contributed by atoms with Crippen LogP contribution in [0.25, 0.3) is 6.08 Å². The maximum Gasteiger partial charge on any atom is 0.0385 e. The highest BCUT2D eigenvalue weighted by atomic mass is 79.9. The fourth-order valence-corrected chi connectivity index (χ4v) is 2.10. The van der Waals surface area contributed by atoms with Crippen molar-refractivity contribution in [3.8, 4) is 0 Å². The van der Waals surface area contributed by atoms with E-state index in [9.17, 15) is 0 Å². The summed E-state index contributed by atoms with van der Waals surface area (Å²) >= 11 is 3.45. The minimum absolute atomic E-state index is 0.00109. The Kier molecular flexibility index (Phi) is 2.72. The zero-order valence-corrected chi connectivity index (χ0v) is 9.42. The second kappa shape index (κ2) is 3.85. The highest BCUT2D eigenvalue weighted by Crippen LogP contribution is 2.28. The monoisotopic (exact) mass is 252 g/mol. The molecular weight excluding hydrogens is 240 g/mol. The molecule has 74 valence electrons.